The first kappa shape index (κ1) is 18.3. The molecule has 0 atom stereocenters. The number of hydrogen-bond donors (Lipinski definition) is 1. The van der Waals surface area contributed by atoms with Crippen LogP contribution in [-0.2, 0) is 4.79 Å². The molecule has 0 bridgehead atoms. The van der Waals surface area contributed by atoms with Crippen molar-refractivity contribution in [3.8, 4) is 11.5 Å². The monoisotopic (exact) mass is 332 g/mol. The summed E-state index contributed by atoms with van der Waals surface area (Å²) in [5.41, 5.74) is 3.51. The van der Waals surface area contributed by atoms with E-state index in [0.29, 0.717) is 18.3 Å². The highest BCUT2D eigenvalue weighted by Crippen LogP contribution is 2.28. The Balaban J connectivity index is 1.92. The van der Waals surface area contributed by atoms with Gasteiger partial charge in [0.15, 0.2) is 11.5 Å². The second kappa shape index (κ2) is 9.30. The van der Waals surface area contributed by atoms with E-state index in [0.717, 1.165) is 37.0 Å². The molecule has 5 heteroatoms. The van der Waals surface area contributed by atoms with Crippen molar-refractivity contribution in [2.24, 2.45) is 16.9 Å². The molecular formula is C19H28N2O3. The van der Waals surface area contributed by atoms with Gasteiger partial charge in [-0.25, -0.2) is 5.43 Å². The van der Waals surface area contributed by atoms with E-state index in [2.05, 4.69) is 24.4 Å². The quantitative estimate of drug-likeness (QED) is 0.611. The fourth-order valence-electron chi connectivity index (χ4n) is 2.77. The number of ether oxygens (including phenoxy) is 2. The number of hydrazone groups is 1. The summed E-state index contributed by atoms with van der Waals surface area (Å²) in [5, 5.41) is 4.08. The van der Waals surface area contributed by atoms with E-state index in [1.54, 1.807) is 13.3 Å². The number of rotatable bonds is 7. The molecule has 1 N–H and O–H groups in total. The lowest BCUT2D eigenvalue weighted by atomic mass is 9.89. The molecule has 0 aromatic heterocycles. The molecule has 1 aliphatic carbocycles. The number of nitrogens with one attached hydrogen (secondary N) is 1. The van der Waals surface area contributed by atoms with E-state index in [9.17, 15) is 4.79 Å². The van der Waals surface area contributed by atoms with Crippen LogP contribution in [0.2, 0.25) is 0 Å². The predicted octanol–water partition coefficient (Wildman–Crippen LogP) is 3.76. The lowest BCUT2D eigenvalue weighted by Crippen LogP contribution is -2.28. The first-order valence-corrected chi connectivity index (χ1v) is 8.74. The Labute approximate surface area is 144 Å². The molecule has 0 radical (unpaired) electrons. The van der Waals surface area contributed by atoms with Crippen LogP contribution in [0.3, 0.4) is 0 Å². The van der Waals surface area contributed by atoms with Crippen molar-refractivity contribution in [3.05, 3.63) is 23.8 Å². The van der Waals surface area contributed by atoms with Crippen molar-refractivity contribution >= 4 is 12.1 Å². The predicted molar refractivity (Wildman–Crippen MR) is 95.6 cm³/mol. The Kier molecular flexibility index (Phi) is 7.09. The number of nitrogens with zero attached hydrogens (tertiary/aromatic N) is 1. The highest BCUT2D eigenvalue weighted by molar-refractivity contribution is 5.84. The van der Waals surface area contributed by atoms with Gasteiger partial charge in [0.25, 0.3) is 0 Å². The number of amides is 1. The maximum atomic E-state index is 12.0. The summed E-state index contributed by atoms with van der Waals surface area (Å²) in [6.45, 7) is 4.84. The zero-order valence-corrected chi connectivity index (χ0v) is 14.9. The molecule has 132 valence electrons. The highest BCUT2D eigenvalue weighted by atomic mass is 16.5. The minimum atomic E-state index is 0.0230. The third-order valence-corrected chi connectivity index (χ3v) is 4.12. The van der Waals surface area contributed by atoms with Crippen LogP contribution in [0.1, 0.15) is 51.5 Å². The minimum absolute atomic E-state index is 0.0230. The maximum absolute atomic E-state index is 12.0. The summed E-state index contributed by atoms with van der Waals surface area (Å²) in [6, 6.07) is 5.62. The fourth-order valence-corrected chi connectivity index (χ4v) is 2.77. The molecule has 0 heterocycles. The number of hydrogen-bond acceptors (Lipinski definition) is 4. The molecule has 0 aliphatic heterocycles. The lowest BCUT2D eigenvalue weighted by Gasteiger charge is -2.19. The van der Waals surface area contributed by atoms with Crippen LogP contribution < -0.4 is 14.9 Å². The van der Waals surface area contributed by atoms with Crippen LogP contribution >= 0.6 is 0 Å². The zero-order chi connectivity index (χ0) is 17.4. The Hall–Kier alpha value is -2.04. The molecule has 1 saturated carbocycles. The first-order chi connectivity index (χ1) is 11.6. The maximum Gasteiger partial charge on any atom is 0.243 e. The third-order valence-electron chi connectivity index (χ3n) is 4.12. The van der Waals surface area contributed by atoms with Gasteiger partial charge in [0.05, 0.1) is 19.9 Å². The molecule has 1 aromatic carbocycles. The molecule has 1 amide bonds. The summed E-state index contributed by atoms with van der Waals surface area (Å²) in [4.78, 5) is 12.0. The normalized spacial score (nSPS) is 15.7. The van der Waals surface area contributed by atoms with E-state index in [4.69, 9.17) is 9.47 Å². The average Bonchev–Trinajstić information content (AvgIpc) is 2.61. The van der Waals surface area contributed by atoms with Gasteiger partial charge in [-0.1, -0.05) is 33.1 Å². The number of carbonyl (C=O) groups is 1. The van der Waals surface area contributed by atoms with Gasteiger partial charge in [-0.3, -0.25) is 4.79 Å². The average molecular weight is 332 g/mol. The van der Waals surface area contributed by atoms with Crippen LogP contribution in [0.25, 0.3) is 0 Å². The largest absolute Gasteiger partial charge is 0.493 e. The van der Waals surface area contributed by atoms with Gasteiger partial charge >= 0.3 is 0 Å². The summed E-state index contributed by atoms with van der Waals surface area (Å²) >= 11 is 0. The van der Waals surface area contributed by atoms with Crippen LogP contribution in [-0.4, -0.2) is 25.8 Å². The summed E-state index contributed by atoms with van der Waals surface area (Å²) in [7, 11) is 1.61. The molecule has 5 nitrogen and oxygen atoms in total. The number of methoxy groups -OCH3 is 1. The molecule has 1 fully saturated rings. The van der Waals surface area contributed by atoms with Crippen LogP contribution in [0, 0.1) is 11.8 Å². The van der Waals surface area contributed by atoms with E-state index in [-0.39, 0.29) is 11.8 Å². The van der Waals surface area contributed by atoms with E-state index < -0.39 is 0 Å². The Bertz CT molecular complexity index is 564. The zero-order valence-electron chi connectivity index (χ0n) is 14.9. The molecule has 0 spiro atoms. The number of benzene rings is 1. The van der Waals surface area contributed by atoms with Crippen molar-refractivity contribution in [1.29, 1.82) is 0 Å². The standard InChI is InChI=1S/C19H28N2O3/c1-14(2)13-24-17-10-9-15(11-18(17)23-3)12-20-21-19(22)16-7-5-4-6-8-16/h9-12,14,16H,4-8,13H2,1-3H3,(H,21,22)/b20-12-. The lowest BCUT2D eigenvalue weighted by molar-refractivity contribution is -0.125. The van der Waals surface area contributed by atoms with Crippen LogP contribution in [0.5, 0.6) is 11.5 Å². The van der Waals surface area contributed by atoms with Crippen molar-refractivity contribution < 1.29 is 14.3 Å². The number of carbonyl (C=O) groups excluding carboxylic acids is 1. The van der Waals surface area contributed by atoms with Crippen LogP contribution in [0.4, 0.5) is 0 Å². The topological polar surface area (TPSA) is 59.9 Å². The summed E-state index contributed by atoms with van der Waals surface area (Å²) in [6.07, 6.45) is 7.08. The van der Waals surface area contributed by atoms with Crippen LogP contribution in [0.15, 0.2) is 23.3 Å². The van der Waals surface area contributed by atoms with Crippen molar-refractivity contribution in [2.45, 2.75) is 46.0 Å². The van der Waals surface area contributed by atoms with Gasteiger partial charge in [-0.15, -0.1) is 0 Å². The molecule has 0 saturated heterocycles. The second-order valence-electron chi connectivity index (χ2n) is 6.68. The SMILES string of the molecule is COc1cc(/C=N\NC(=O)C2CCCCC2)ccc1OCC(C)C. The highest BCUT2D eigenvalue weighted by Gasteiger charge is 2.20. The minimum Gasteiger partial charge on any atom is -0.493 e. The van der Waals surface area contributed by atoms with Crippen molar-refractivity contribution in [1.82, 2.24) is 5.43 Å². The summed E-state index contributed by atoms with van der Waals surface area (Å²) < 4.78 is 11.1. The smallest absolute Gasteiger partial charge is 0.243 e. The fraction of sp³-hybridized carbons (Fsp3) is 0.579. The Morgan fingerprint density at radius 3 is 2.71 bits per heavy atom. The van der Waals surface area contributed by atoms with Gasteiger partial charge in [0.1, 0.15) is 0 Å². The molecule has 1 aliphatic rings. The molecule has 0 unspecified atom stereocenters. The Morgan fingerprint density at radius 2 is 2.04 bits per heavy atom. The van der Waals surface area contributed by atoms with E-state index in [1.807, 2.05) is 18.2 Å². The summed E-state index contributed by atoms with van der Waals surface area (Å²) in [5.74, 6) is 1.96. The van der Waals surface area contributed by atoms with E-state index >= 15 is 0 Å². The van der Waals surface area contributed by atoms with E-state index in [1.165, 1.54) is 6.42 Å². The van der Waals surface area contributed by atoms with Crippen molar-refractivity contribution in [3.63, 3.8) is 0 Å². The van der Waals surface area contributed by atoms with Gasteiger partial charge in [0.2, 0.25) is 5.91 Å². The van der Waals surface area contributed by atoms with Gasteiger partial charge in [0, 0.05) is 5.92 Å². The molecule has 2 rings (SSSR count). The van der Waals surface area contributed by atoms with Gasteiger partial charge in [-0.2, -0.15) is 5.10 Å². The Morgan fingerprint density at radius 1 is 1.29 bits per heavy atom. The van der Waals surface area contributed by atoms with Gasteiger partial charge in [-0.05, 0) is 42.5 Å². The molecule has 24 heavy (non-hydrogen) atoms. The third kappa shape index (κ3) is 5.55. The molecular weight excluding hydrogens is 304 g/mol. The van der Waals surface area contributed by atoms with Gasteiger partial charge < -0.3 is 9.47 Å². The van der Waals surface area contributed by atoms with Crippen molar-refractivity contribution in [2.75, 3.05) is 13.7 Å². The first-order valence-electron chi connectivity index (χ1n) is 8.74. The molecule has 1 aromatic rings. The second-order valence-corrected chi connectivity index (χ2v) is 6.68.